The van der Waals surface area contributed by atoms with Crippen molar-refractivity contribution in [2.75, 3.05) is 20.7 Å². The van der Waals surface area contributed by atoms with Crippen molar-refractivity contribution in [3.8, 4) is 0 Å². The van der Waals surface area contributed by atoms with Crippen LogP contribution in [-0.2, 0) is 16.1 Å². The Morgan fingerprint density at radius 2 is 2.10 bits per heavy atom. The lowest BCUT2D eigenvalue weighted by Gasteiger charge is -2.22. The molecule has 0 saturated carbocycles. The van der Waals surface area contributed by atoms with Crippen molar-refractivity contribution in [2.24, 2.45) is 0 Å². The normalized spacial score (nSPS) is 12.4. The van der Waals surface area contributed by atoms with Gasteiger partial charge in [0, 0.05) is 27.8 Å². The molecular formula is C16H18BrNO2S. The predicted molar refractivity (Wildman–Crippen MR) is 89.6 cm³/mol. The molecule has 0 aliphatic rings. The Bertz CT molecular complexity index is 585. The second kappa shape index (κ2) is 7.73. The quantitative estimate of drug-likeness (QED) is 0.725. The van der Waals surface area contributed by atoms with Crippen LogP contribution in [0.3, 0.4) is 0 Å². The summed E-state index contributed by atoms with van der Waals surface area (Å²) in [4.78, 5) is 15.5. The average molecular weight is 368 g/mol. The molecule has 0 N–H and O–H groups in total. The van der Waals surface area contributed by atoms with Crippen molar-refractivity contribution < 1.29 is 9.53 Å². The van der Waals surface area contributed by atoms with Crippen LogP contribution in [0.25, 0.3) is 0 Å². The van der Waals surface area contributed by atoms with Gasteiger partial charge in [-0.15, -0.1) is 11.3 Å². The number of ether oxygens (including phenoxy) is 1. The van der Waals surface area contributed by atoms with Gasteiger partial charge in [-0.3, -0.25) is 4.79 Å². The van der Waals surface area contributed by atoms with Gasteiger partial charge in [0.25, 0.3) is 0 Å². The minimum atomic E-state index is -0.260. The first-order valence-corrected chi connectivity index (χ1v) is 8.31. The van der Waals surface area contributed by atoms with Gasteiger partial charge in [-0.1, -0.05) is 30.3 Å². The van der Waals surface area contributed by atoms with E-state index in [1.165, 1.54) is 12.0 Å². The third kappa shape index (κ3) is 4.66. The van der Waals surface area contributed by atoms with Crippen LogP contribution in [0.15, 0.2) is 46.3 Å². The third-order valence-electron chi connectivity index (χ3n) is 3.23. The van der Waals surface area contributed by atoms with Crippen molar-refractivity contribution in [1.29, 1.82) is 0 Å². The number of halogens is 1. The van der Waals surface area contributed by atoms with E-state index in [4.69, 9.17) is 4.74 Å². The Hall–Kier alpha value is -1.17. The molecule has 0 spiro atoms. The number of likely N-dealkylation sites (N-methyl/N-ethyl adjacent to an activating group) is 1. The van der Waals surface area contributed by atoms with Crippen LogP contribution in [-0.4, -0.2) is 31.6 Å². The van der Waals surface area contributed by atoms with Gasteiger partial charge in [-0.05, 0) is 34.6 Å². The first kappa shape index (κ1) is 16.2. The maximum absolute atomic E-state index is 12.1. The standard InChI is InChI=1S/C16H18BrNO2S/c1-18(9-14-8-13(17)11-21-14)10-15(16(19)20-2)12-6-4-3-5-7-12/h3-8,11,15H,9-10H2,1-2H3. The number of carbonyl (C=O) groups is 1. The lowest BCUT2D eigenvalue weighted by Crippen LogP contribution is -2.29. The van der Waals surface area contributed by atoms with Gasteiger partial charge in [0.2, 0.25) is 0 Å². The van der Waals surface area contributed by atoms with Crippen LogP contribution < -0.4 is 0 Å². The summed E-state index contributed by atoms with van der Waals surface area (Å²) in [5, 5.41) is 2.07. The molecule has 3 nitrogen and oxygen atoms in total. The van der Waals surface area contributed by atoms with E-state index in [1.54, 1.807) is 11.3 Å². The van der Waals surface area contributed by atoms with E-state index in [-0.39, 0.29) is 11.9 Å². The molecule has 2 rings (SSSR count). The molecular weight excluding hydrogens is 350 g/mol. The van der Waals surface area contributed by atoms with Crippen LogP contribution >= 0.6 is 27.3 Å². The number of thiophene rings is 1. The zero-order valence-corrected chi connectivity index (χ0v) is 14.5. The highest BCUT2D eigenvalue weighted by Crippen LogP contribution is 2.23. The molecule has 1 atom stereocenters. The minimum Gasteiger partial charge on any atom is -0.469 e. The summed E-state index contributed by atoms with van der Waals surface area (Å²) in [7, 11) is 3.46. The van der Waals surface area contributed by atoms with Crippen molar-refractivity contribution in [2.45, 2.75) is 12.5 Å². The first-order valence-electron chi connectivity index (χ1n) is 6.64. The fourth-order valence-corrected chi connectivity index (χ4v) is 3.75. The van der Waals surface area contributed by atoms with Crippen molar-refractivity contribution in [1.82, 2.24) is 4.90 Å². The highest BCUT2D eigenvalue weighted by atomic mass is 79.9. The van der Waals surface area contributed by atoms with E-state index in [2.05, 4.69) is 32.3 Å². The maximum atomic E-state index is 12.1. The number of hydrogen-bond donors (Lipinski definition) is 0. The van der Waals surface area contributed by atoms with Crippen molar-refractivity contribution in [3.63, 3.8) is 0 Å². The van der Waals surface area contributed by atoms with Crippen LogP contribution in [0.4, 0.5) is 0 Å². The number of esters is 1. The Balaban J connectivity index is 2.06. The van der Waals surface area contributed by atoms with Gasteiger partial charge in [0.05, 0.1) is 13.0 Å². The number of benzene rings is 1. The smallest absolute Gasteiger partial charge is 0.314 e. The van der Waals surface area contributed by atoms with Gasteiger partial charge >= 0.3 is 5.97 Å². The Kier molecular flexibility index (Phi) is 5.96. The molecule has 0 saturated heterocycles. The summed E-state index contributed by atoms with van der Waals surface area (Å²) >= 11 is 5.17. The molecule has 1 unspecified atom stereocenters. The van der Waals surface area contributed by atoms with E-state index in [0.29, 0.717) is 6.54 Å². The second-order valence-corrected chi connectivity index (χ2v) is 6.83. The highest BCUT2D eigenvalue weighted by molar-refractivity contribution is 9.10. The largest absolute Gasteiger partial charge is 0.469 e. The summed E-state index contributed by atoms with van der Waals surface area (Å²) in [5.74, 6) is -0.454. The van der Waals surface area contributed by atoms with E-state index < -0.39 is 0 Å². The van der Waals surface area contributed by atoms with E-state index >= 15 is 0 Å². The fourth-order valence-electron chi connectivity index (χ4n) is 2.22. The van der Waals surface area contributed by atoms with Gasteiger partial charge in [-0.2, -0.15) is 0 Å². The molecule has 21 heavy (non-hydrogen) atoms. The van der Waals surface area contributed by atoms with Crippen LogP contribution in [0.5, 0.6) is 0 Å². The topological polar surface area (TPSA) is 29.5 Å². The number of rotatable bonds is 6. The average Bonchev–Trinajstić information content (AvgIpc) is 2.90. The van der Waals surface area contributed by atoms with Gasteiger partial charge in [0.1, 0.15) is 0 Å². The summed E-state index contributed by atoms with van der Waals surface area (Å²) in [6.45, 7) is 1.45. The number of methoxy groups -OCH3 is 1. The molecule has 112 valence electrons. The third-order valence-corrected chi connectivity index (χ3v) is 4.91. The first-order chi connectivity index (χ1) is 10.1. The monoisotopic (exact) mass is 367 g/mol. The van der Waals surface area contributed by atoms with Crippen molar-refractivity contribution in [3.05, 3.63) is 56.7 Å². The maximum Gasteiger partial charge on any atom is 0.314 e. The molecule has 0 aliphatic carbocycles. The fraction of sp³-hybridized carbons (Fsp3) is 0.312. The molecule has 0 fully saturated rings. The second-order valence-electron chi connectivity index (χ2n) is 4.91. The number of carbonyl (C=O) groups excluding carboxylic acids is 1. The summed E-state index contributed by atoms with van der Waals surface area (Å²) in [5.41, 5.74) is 0.989. The molecule has 0 radical (unpaired) electrons. The number of nitrogens with zero attached hydrogens (tertiary/aromatic N) is 1. The molecule has 1 aromatic heterocycles. The van der Waals surface area contributed by atoms with Gasteiger partial charge in [-0.25, -0.2) is 0 Å². The Labute approximate surface area is 137 Å². The van der Waals surface area contributed by atoms with Crippen molar-refractivity contribution >= 4 is 33.2 Å². The van der Waals surface area contributed by atoms with Crippen LogP contribution in [0.1, 0.15) is 16.4 Å². The summed E-state index contributed by atoms with van der Waals surface area (Å²) in [6, 6.07) is 11.9. The molecule has 1 heterocycles. The zero-order chi connectivity index (χ0) is 15.2. The zero-order valence-electron chi connectivity index (χ0n) is 12.1. The van der Waals surface area contributed by atoms with Gasteiger partial charge in [0.15, 0.2) is 0 Å². The highest BCUT2D eigenvalue weighted by Gasteiger charge is 2.23. The summed E-state index contributed by atoms with van der Waals surface area (Å²) < 4.78 is 6.05. The van der Waals surface area contributed by atoms with E-state index in [1.807, 2.05) is 37.4 Å². The Morgan fingerprint density at radius 3 is 2.67 bits per heavy atom. The summed E-state index contributed by atoms with van der Waals surface area (Å²) in [6.07, 6.45) is 0. The van der Waals surface area contributed by atoms with Crippen LogP contribution in [0, 0.1) is 0 Å². The van der Waals surface area contributed by atoms with Crippen LogP contribution in [0.2, 0.25) is 0 Å². The molecule has 5 heteroatoms. The molecule has 0 aliphatic heterocycles. The molecule has 0 bridgehead atoms. The van der Waals surface area contributed by atoms with E-state index in [0.717, 1.165) is 16.6 Å². The van der Waals surface area contributed by atoms with E-state index in [9.17, 15) is 4.79 Å². The minimum absolute atomic E-state index is 0.194. The molecule has 2 aromatic rings. The number of hydrogen-bond acceptors (Lipinski definition) is 4. The Morgan fingerprint density at radius 1 is 1.38 bits per heavy atom. The predicted octanol–water partition coefficient (Wildman–Crippen LogP) is 3.90. The molecule has 0 amide bonds. The molecule has 1 aromatic carbocycles. The van der Waals surface area contributed by atoms with Gasteiger partial charge < -0.3 is 9.64 Å². The SMILES string of the molecule is COC(=O)C(CN(C)Cc1cc(Br)cs1)c1ccccc1. The lowest BCUT2D eigenvalue weighted by molar-refractivity contribution is -0.142. The lowest BCUT2D eigenvalue weighted by atomic mass is 9.99.